The van der Waals surface area contributed by atoms with Crippen LogP contribution in [0.3, 0.4) is 0 Å². The molecular weight excluding hydrogens is 432 g/mol. The SMILES string of the molecule is COc1ccc(-n2nc(-c3nnc(Nc4ccccc4)s3)c3csc(N)c3c2=O)cc1. The van der Waals surface area contributed by atoms with Gasteiger partial charge in [-0.1, -0.05) is 29.5 Å². The van der Waals surface area contributed by atoms with Crippen LogP contribution < -0.4 is 21.3 Å². The van der Waals surface area contributed by atoms with Crippen LogP contribution in [0.5, 0.6) is 5.75 Å². The van der Waals surface area contributed by atoms with Gasteiger partial charge in [0.2, 0.25) is 5.13 Å². The quantitative estimate of drug-likeness (QED) is 0.413. The highest BCUT2D eigenvalue weighted by atomic mass is 32.1. The van der Waals surface area contributed by atoms with Gasteiger partial charge in [0.25, 0.3) is 5.56 Å². The van der Waals surface area contributed by atoms with E-state index in [1.807, 2.05) is 35.7 Å². The average Bonchev–Trinajstić information content (AvgIpc) is 3.42. The number of hydrogen-bond donors (Lipinski definition) is 2. The van der Waals surface area contributed by atoms with Crippen molar-refractivity contribution in [3.05, 3.63) is 70.3 Å². The minimum atomic E-state index is -0.283. The molecule has 0 aliphatic heterocycles. The molecular formula is C21H16N6O2S2. The van der Waals surface area contributed by atoms with E-state index in [1.165, 1.54) is 27.4 Å². The summed E-state index contributed by atoms with van der Waals surface area (Å²) in [5, 5.41) is 21.0. The lowest BCUT2D eigenvalue weighted by Gasteiger charge is -2.08. The summed E-state index contributed by atoms with van der Waals surface area (Å²) in [6, 6.07) is 16.8. The summed E-state index contributed by atoms with van der Waals surface area (Å²) in [5.41, 5.74) is 7.92. The highest BCUT2D eigenvalue weighted by Gasteiger charge is 2.20. The van der Waals surface area contributed by atoms with E-state index in [2.05, 4.69) is 20.6 Å². The molecule has 0 unspecified atom stereocenters. The molecule has 0 fully saturated rings. The Morgan fingerprint density at radius 3 is 2.58 bits per heavy atom. The minimum absolute atomic E-state index is 0.283. The predicted molar refractivity (Wildman–Crippen MR) is 125 cm³/mol. The van der Waals surface area contributed by atoms with E-state index in [0.717, 1.165) is 5.69 Å². The topological polar surface area (TPSA) is 108 Å². The van der Waals surface area contributed by atoms with E-state index >= 15 is 0 Å². The summed E-state index contributed by atoms with van der Waals surface area (Å²) in [4.78, 5) is 13.1. The normalized spacial score (nSPS) is 11.0. The number of ether oxygens (including phenoxy) is 1. The molecule has 5 aromatic rings. The number of nitrogen functional groups attached to an aromatic ring is 1. The third kappa shape index (κ3) is 3.51. The van der Waals surface area contributed by atoms with Crippen LogP contribution in [0.25, 0.3) is 27.2 Å². The Morgan fingerprint density at radius 1 is 1.06 bits per heavy atom. The molecule has 3 aromatic heterocycles. The van der Waals surface area contributed by atoms with Gasteiger partial charge in [0, 0.05) is 16.5 Å². The van der Waals surface area contributed by atoms with Crippen LogP contribution in [0, 0.1) is 0 Å². The Balaban J connectivity index is 1.63. The maximum Gasteiger partial charge on any atom is 0.282 e. The van der Waals surface area contributed by atoms with Crippen molar-refractivity contribution in [2.75, 3.05) is 18.2 Å². The molecule has 3 heterocycles. The van der Waals surface area contributed by atoms with Gasteiger partial charge >= 0.3 is 0 Å². The first kappa shape index (κ1) is 19.2. The van der Waals surface area contributed by atoms with E-state index < -0.39 is 0 Å². The lowest BCUT2D eigenvalue weighted by atomic mass is 10.2. The van der Waals surface area contributed by atoms with Gasteiger partial charge in [-0.2, -0.15) is 9.78 Å². The number of para-hydroxylation sites is 1. The molecule has 2 aromatic carbocycles. The molecule has 0 bridgehead atoms. The van der Waals surface area contributed by atoms with Crippen molar-refractivity contribution < 1.29 is 4.74 Å². The first-order chi connectivity index (χ1) is 15.1. The number of rotatable bonds is 5. The smallest absolute Gasteiger partial charge is 0.282 e. The Kier molecular flexibility index (Phi) is 4.85. The molecule has 154 valence electrons. The molecule has 0 atom stereocenters. The van der Waals surface area contributed by atoms with E-state index in [9.17, 15) is 4.79 Å². The molecule has 8 nitrogen and oxygen atoms in total. The monoisotopic (exact) mass is 448 g/mol. The zero-order valence-corrected chi connectivity index (χ0v) is 17.9. The largest absolute Gasteiger partial charge is 0.497 e. The van der Waals surface area contributed by atoms with Crippen LogP contribution in [0.1, 0.15) is 0 Å². The van der Waals surface area contributed by atoms with Crippen LogP contribution in [0.2, 0.25) is 0 Å². The standard InChI is InChI=1S/C21H16N6O2S2/c1-29-14-9-7-13(8-10-14)27-20(28)16-15(11-30-18(16)22)17(26-27)19-24-25-21(31-19)23-12-5-3-2-4-6-12/h2-11H,22H2,1H3,(H,23,25). The number of anilines is 3. The molecule has 0 saturated carbocycles. The van der Waals surface area contributed by atoms with E-state index in [0.29, 0.717) is 43.0 Å². The van der Waals surface area contributed by atoms with Crippen molar-refractivity contribution in [2.24, 2.45) is 0 Å². The summed E-state index contributed by atoms with van der Waals surface area (Å²) < 4.78 is 6.55. The van der Waals surface area contributed by atoms with Gasteiger partial charge in [0.05, 0.1) is 23.2 Å². The van der Waals surface area contributed by atoms with E-state index in [4.69, 9.17) is 10.5 Å². The van der Waals surface area contributed by atoms with Gasteiger partial charge in [0.1, 0.15) is 11.4 Å². The van der Waals surface area contributed by atoms with Gasteiger partial charge in [-0.3, -0.25) is 4.79 Å². The zero-order valence-electron chi connectivity index (χ0n) is 16.3. The maximum absolute atomic E-state index is 13.1. The Bertz CT molecular complexity index is 1420. The fourth-order valence-electron chi connectivity index (χ4n) is 3.14. The van der Waals surface area contributed by atoms with Gasteiger partial charge in [0.15, 0.2) is 5.01 Å². The summed E-state index contributed by atoms with van der Waals surface area (Å²) in [7, 11) is 1.59. The average molecular weight is 449 g/mol. The number of nitrogens with two attached hydrogens (primary N) is 1. The molecule has 31 heavy (non-hydrogen) atoms. The number of hydrogen-bond acceptors (Lipinski definition) is 9. The van der Waals surface area contributed by atoms with Crippen molar-refractivity contribution in [2.45, 2.75) is 0 Å². The number of nitrogens with one attached hydrogen (secondary N) is 1. The second kappa shape index (κ2) is 7.82. The molecule has 10 heteroatoms. The number of thiophene rings is 1. The Hall–Kier alpha value is -3.76. The fourth-order valence-corrected chi connectivity index (χ4v) is 4.70. The summed E-state index contributed by atoms with van der Waals surface area (Å²) in [6.45, 7) is 0. The lowest BCUT2D eigenvalue weighted by Crippen LogP contribution is -2.22. The van der Waals surface area contributed by atoms with E-state index in [-0.39, 0.29) is 5.56 Å². The third-order valence-corrected chi connectivity index (χ3v) is 6.31. The summed E-state index contributed by atoms with van der Waals surface area (Å²) in [6.07, 6.45) is 0. The van der Waals surface area contributed by atoms with Gasteiger partial charge in [-0.05, 0) is 36.4 Å². The first-order valence-corrected chi connectivity index (χ1v) is 10.9. The molecule has 0 amide bonds. The first-order valence-electron chi connectivity index (χ1n) is 9.24. The predicted octanol–water partition coefficient (Wildman–Crippen LogP) is 4.30. The third-order valence-electron chi connectivity index (χ3n) is 4.65. The van der Waals surface area contributed by atoms with Crippen molar-refractivity contribution in [1.82, 2.24) is 20.0 Å². The molecule has 0 aliphatic rings. The number of fused-ring (bicyclic) bond motifs is 1. The Morgan fingerprint density at radius 2 is 1.84 bits per heavy atom. The van der Waals surface area contributed by atoms with Crippen molar-refractivity contribution in [3.63, 3.8) is 0 Å². The zero-order chi connectivity index (χ0) is 21.4. The highest BCUT2D eigenvalue weighted by molar-refractivity contribution is 7.18. The number of benzene rings is 2. The molecule has 3 N–H and O–H groups in total. The molecule has 0 spiro atoms. The highest BCUT2D eigenvalue weighted by Crippen LogP contribution is 2.35. The van der Waals surface area contributed by atoms with Crippen LogP contribution in [-0.2, 0) is 0 Å². The minimum Gasteiger partial charge on any atom is -0.497 e. The lowest BCUT2D eigenvalue weighted by molar-refractivity contribution is 0.414. The molecule has 5 rings (SSSR count). The second-order valence-corrected chi connectivity index (χ2v) is 8.44. The van der Waals surface area contributed by atoms with Crippen LogP contribution in [-0.4, -0.2) is 27.1 Å². The van der Waals surface area contributed by atoms with Crippen LogP contribution in [0.15, 0.2) is 64.8 Å². The molecule has 0 saturated heterocycles. The van der Waals surface area contributed by atoms with Crippen LogP contribution >= 0.6 is 22.7 Å². The van der Waals surface area contributed by atoms with Gasteiger partial charge in [-0.15, -0.1) is 21.5 Å². The molecule has 0 aliphatic carbocycles. The number of aromatic nitrogens is 4. The number of nitrogens with zero attached hydrogens (tertiary/aromatic N) is 4. The maximum atomic E-state index is 13.1. The van der Waals surface area contributed by atoms with Gasteiger partial charge in [-0.25, -0.2) is 0 Å². The molecule has 0 radical (unpaired) electrons. The van der Waals surface area contributed by atoms with Gasteiger partial charge < -0.3 is 15.8 Å². The Labute approximate surface area is 184 Å². The number of methoxy groups -OCH3 is 1. The summed E-state index contributed by atoms with van der Waals surface area (Å²) in [5.74, 6) is 0.689. The van der Waals surface area contributed by atoms with Crippen molar-refractivity contribution >= 4 is 49.3 Å². The second-order valence-electron chi connectivity index (χ2n) is 6.56. The summed E-state index contributed by atoms with van der Waals surface area (Å²) >= 11 is 2.66. The fraction of sp³-hybridized carbons (Fsp3) is 0.0476. The van der Waals surface area contributed by atoms with E-state index in [1.54, 1.807) is 31.4 Å². The van der Waals surface area contributed by atoms with Crippen LogP contribution in [0.4, 0.5) is 15.8 Å². The van der Waals surface area contributed by atoms with Crippen molar-refractivity contribution in [3.8, 4) is 22.1 Å². The van der Waals surface area contributed by atoms with Crippen molar-refractivity contribution in [1.29, 1.82) is 0 Å².